The van der Waals surface area contributed by atoms with Crippen LogP contribution in [0.3, 0.4) is 0 Å². The van der Waals surface area contributed by atoms with E-state index in [1.807, 2.05) is 0 Å². The Morgan fingerprint density at radius 3 is 2.75 bits per heavy atom. The van der Waals surface area contributed by atoms with Gasteiger partial charge in [-0.3, -0.25) is 4.79 Å². The Hall–Kier alpha value is -1.36. The van der Waals surface area contributed by atoms with Crippen molar-refractivity contribution in [1.82, 2.24) is 0 Å². The van der Waals surface area contributed by atoms with Crippen molar-refractivity contribution in [3.8, 4) is 0 Å². The fourth-order valence-electron chi connectivity index (χ4n) is 1.40. The summed E-state index contributed by atoms with van der Waals surface area (Å²) in [5.74, 6) is 0.534. The summed E-state index contributed by atoms with van der Waals surface area (Å²) in [6.07, 6.45) is 2.05. The number of benzene rings is 1. The number of nitrogens with one attached hydrogen (secondary N) is 1. The number of carbonyl (C=O) groups excluding carboxylic acids is 1. The Labute approximate surface area is 99.8 Å². The number of hydrogen-bond acceptors (Lipinski definition) is 4. The summed E-state index contributed by atoms with van der Waals surface area (Å²) in [5, 5.41) is 3.28. The Morgan fingerprint density at radius 1 is 1.56 bits per heavy atom. The van der Waals surface area contributed by atoms with Crippen molar-refractivity contribution in [1.29, 1.82) is 0 Å². The van der Waals surface area contributed by atoms with Crippen LogP contribution < -0.4 is 16.8 Å². The average molecular weight is 239 g/mol. The summed E-state index contributed by atoms with van der Waals surface area (Å²) >= 11 is 1.77. The number of hydrogen-bond donors (Lipinski definition) is 3. The molecule has 0 saturated carbocycles. The Balaban J connectivity index is 2.79. The third-order valence-electron chi connectivity index (χ3n) is 2.15. The Morgan fingerprint density at radius 2 is 2.25 bits per heavy atom. The molecule has 1 aromatic carbocycles. The highest BCUT2D eigenvalue weighted by molar-refractivity contribution is 7.98. The molecule has 5 N–H and O–H groups in total. The van der Waals surface area contributed by atoms with Crippen LogP contribution in [0.4, 0.5) is 11.4 Å². The first-order valence-corrected chi connectivity index (χ1v) is 6.38. The van der Waals surface area contributed by atoms with Crippen molar-refractivity contribution in [2.75, 3.05) is 23.1 Å². The van der Waals surface area contributed by atoms with Crippen molar-refractivity contribution in [2.24, 2.45) is 5.73 Å². The third kappa shape index (κ3) is 3.34. The molecular formula is C11H17N3OS. The van der Waals surface area contributed by atoms with Gasteiger partial charge in [0.15, 0.2) is 0 Å². The molecule has 88 valence electrons. The van der Waals surface area contributed by atoms with Crippen LogP contribution in [0.15, 0.2) is 18.2 Å². The fourth-order valence-corrected chi connectivity index (χ4v) is 1.99. The number of carbonyl (C=O) groups is 1. The number of anilines is 2. The van der Waals surface area contributed by atoms with Gasteiger partial charge in [0.1, 0.15) is 0 Å². The highest BCUT2D eigenvalue weighted by Crippen LogP contribution is 2.21. The van der Waals surface area contributed by atoms with E-state index < -0.39 is 5.91 Å². The second-order valence-electron chi connectivity index (χ2n) is 3.67. The van der Waals surface area contributed by atoms with Crippen molar-refractivity contribution >= 4 is 29.0 Å². The van der Waals surface area contributed by atoms with E-state index in [1.54, 1.807) is 30.0 Å². The number of nitrogen functional groups attached to an aromatic ring is 1. The maximum atomic E-state index is 10.9. The molecule has 1 amide bonds. The highest BCUT2D eigenvalue weighted by Gasteiger charge is 2.07. The zero-order chi connectivity index (χ0) is 12.1. The summed E-state index contributed by atoms with van der Waals surface area (Å²) in [7, 11) is 0. The second kappa shape index (κ2) is 5.65. The molecule has 0 saturated heterocycles. The lowest BCUT2D eigenvalue weighted by Crippen LogP contribution is -2.19. The van der Waals surface area contributed by atoms with Crippen molar-refractivity contribution < 1.29 is 4.79 Å². The van der Waals surface area contributed by atoms with Crippen LogP contribution in [0, 0.1) is 0 Å². The van der Waals surface area contributed by atoms with Gasteiger partial charge in [-0.1, -0.05) is 0 Å². The quantitative estimate of drug-likeness (QED) is 0.681. The summed E-state index contributed by atoms with van der Waals surface area (Å²) in [6, 6.07) is 5.38. The maximum Gasteiger partial charge on any atom is 0.248 e. The minimum Gasteiger partial charge on any atom is -0.397 e. The first-order chi connectivity index (χ1) is 7.54. The SMILES string of the molecule is CSCC(C)Nc1ccc(C(N)=O)cc1N. The van der Waals surface area contributed by atoms with Gasteiger partial charge in [0.05, 0.1) is 11.4 Å². The minimum absolute atomic E-state index is 0.330. The number of rotatable bonds is 5. The van der Waals surface area contributed by atoms with Crippen LogP contribution in [-0.2, 0) is 0 Å². The zero-order valence-corrected chi connectivity index (χ0v) is 10.3. The highest BCUT2D eigenvalue weighted by atomic mass is 32.2. The predicted molar refractivity (Wildman–Crippen MR) is 70.8 cm³/mol. The smallest absolute Gasteiger partial charge is 0.248 e. The first-order valence-electron chi connectivity index (χ1n) is 4.99. The maximum absolute atomic E-state index is 10.9. The monoisotopic (exact) mass is 239 g/mol. The molecule has 0 spiro atoms. The first kappa shape index (κ1) is 12.7. The van der Waals surface area contributed by atoms with E-state index in [1.165, 1.54) is 0 Å². The zero-order valence-electron chi connectivity index (χ0n) is 9.49. The largest absolute Gasteiger partial charge is 0.397 e. The number of primary amides is 1. The van der Waals surface area contributed by atoms with Crippen LogP contribution in [-0.4, -0.2) is 24.0 Å². The number of nitrogens with two attached hydrogens (primary N) is 2. The lowest BCUT2D eigenvalue weighted by molar-refractivity contribution is 0.100. The van der Waals surface area contributed by atoms with E-state index in [0.717, 1.165) is 11.4 Å². The van der Waals surface area contributed by atoms with Gasteiger partial charge in [0.2, 0.25) is 5.91 Å². The topological polar surface area (TPSA) is 81.1 Å². The van der Waals surface area contributed by atoms with Crippen LogP contribution in [0.1, 0.15) is 17.3 Å². The van der Waals surface area contributed by atoms with E-state index in [9.17, 15) is 4.79 Å². The fraction of sp³-hybridized carbons (Fsp3) is 0.364. The van der Waals surface area contributed by atoms with Crippen molar-refractivity contribution in [3.05, 3.63) is 23.8 Å². The van der Waals surface area contributed by atoms with E-state index in [-0.39, 0.29) is 0 Å². The molecule has 1 aromatic rings. The van der Waals surface area contributed by atoms with E-state index >= 15 is 0 Å². The van der Waals surface area contributed by atoms with Gasteiger partial charge < -0.3 is 16.8 Å². The molecule has 5 heteroatoms. The van der Waals surface area contributed by atoms with Gasteiger partial charge >= 0.3 is 0 Å². The second-order valence-corrected chi connectivity index (χ2v) is 4.58. The molecular weight excluding hydrogens is 222 g/mol. The van der Waals surface area contributed by atoms with Gasteiger partial charge in [-0.15, -0.1) is 0 Å². The van der Waals surface area contributed by atoms with Gasteiger partial charge in [0, 0.05) is 17.4 Å². The molecule has 1 rings (SSSR count). The van der Waals surface area contributed by atoms with Gasteiger partial charge in [0.25, 0.3) is 0 Å². The van der Waals surface area contributed by atoms with Crippen molar-refractivity contribution in [2.45, 2.75) is 13.0 Å². The normalized spacial score (nSPS) is 12.1. The summed E-state index contributed by atoms with van der Waals surface area (Å²) in [6.45, 7) is 2.08. The Bertz CT molecular complexity index is 381. The van der Waals surface area contributed by atoms with Crippen LogP contribution in [0.5, 0.6) is 0 Å². The van der Waals surface area contributed by atoms with Crippen molar-refractivity contribution in [3.63, 3.8) is 0 Å². The predicted octanol–water partition coefficient (Wildman–Crippen LogP) is 1.53. The molecule has 1 unspecified atom stereocenters. The Kier molecular flexibility index (Phi) is 4.49. The molecule has 0 fully saturated rings. The molecule has 0 aliphatic heterocycles. The summed E-state index contributed by atoms with van der Waals surface area (Å²) < 4.78 is 0. The molecule has 0 aliphatic carbocycles. The van der Waals surface area contributed by atoms with Crippen LogP contribution in [0.25, 0.3) is 0 Å². The van der Waals surface area contributed by atoms with E-state index in [0.29, 0.717) is 17.3 Å². The van der Waals surface area contributed by atoms with E-state index in [4.69, 9.17) is 11.5 Å². The standard InChI is InChI=1S/C11H17N3OS/c1-7(6-16-2)14-10-4-3-8(11(13)15)5-9(10)12/h3-5,7,14H,6,12H2,1-2H3,(H2,13,15). The molecule has 0 bridgehead atoms. The summed E-state index contributed by atoms with van der Waals surface area (Å²) in [5.41, 5.74) is 12.8. The van der Waals surface area contributed by atoms with Crippen LogP contribution >= 0.6 is 11.8 Å². The molecule has 0 aliphatic rings. The van der Waals surface area contributed by atoms with Crippen LogP contribution in [0.2, 0.25) is 0 Å². The molecule has 4 nitrogen and oxygen atoms in total. The van der Waals surface area contributed by atoms with Gasteiger partial charge in [-0.2, -0.15) is 11.8 Å². The van der Waals surface area contributed by atoms with E-state index in [2.05, 4.69) is 18.5 Å². The minimum atomic E-state index is -0.463. The van der Waals surface area contributed by atoms with Gasteiger partial charge in [-0.25, -0.2) is 0 Å². The molecule has 0 heterocycles. The molecule has 0 aromatic heterocycles. The molecule has 0 radical (unpaired) electrons. The number of amides is 1. The molecule has 1 atom stereocenters. The number of thioether (sulfide) groups is 1. The van der Waals surface area contributed by atoms with Gasteiger partial charge in [-0.05, 0) is 31.4 Å². The molecule has 16 heavy (non-hydrogen) atoms. The third-order valence-corrected chi connectivity index (χ3v) is 2.99. The summed E-state index contributed by atoms with van der Waals surface area (Å²) in [4.78, 5) is 10.9. The lowest BCUT2D eigenvalue weighted by Gasteiger charge is -2.16. The average Bonchev–Trinajstić information content (AvgIpc) is 2.21. The lowest BCUT2D eigenvalue weighted by atomic mass is 10.1.